The van der Waals surface area contributed by atoms with Gasteiger partial charge in [-0.25, -0.2) is 0 Å². The summed E-state index contributed by atoms with van der Waals surface area (Å²) in [5.41, 5.74) is 6.66. The van der Waals surface area contributed by atoms with Crippen molar-refractivity contribution in [3.8, 4) is 0 Å². The molecule has 1 saturated heterocycles. The van der Waals surface area contributed by atoms with Gasteiger partial charge in [-0.2, -0.15) is 0 Å². The number of para-hydroxylation sites is 1. The third kappa shape index (κ3) is 5.11. The standard InChI is InChI=1S/C13H18ClN3O.2ClH/c14-11-3-1-2-4-12(11)16-10-5-7-17(8-6-10)13(15)9-18;;/h1-4,9-10,13,16H,5-8,15H2;2*1H. The largest absolute Gasteiger partial charge is 0.381 e. The van der Waals surface area contributed by atoms with Gasteiger partial charge in [-0.05, 0) is 25.0 Å². The van der Waals surface area contributed by atoms with Gasteiger partial charge in [0.2, 0.25) is 0 Å². The Morgan fingerprint density at radius 3 is 2.45 bits per heavy atom. The zero-order valence-electron chi connectivity index (χ0n) is 11.0. The number of halogens is 3. The molecule has 0 saturated carbocycles. The highest BCUT2D eigenvalue weighted by Gasteiger charge is 2.22. The number of likely N-dealkylation sites (tertiary alicyclic amines) is 1. The molecule has 1 unspecified atom stereocenters. The Balaban J connectivity index is 0.00000180. The summed E-state index contributed by atoms with van der Waals surface area (Å²) in [6.07, 6.45) is 2.26. The van der Waals surface area contributed by atoms with E-state index in [4.69, 9.17) is 17.3 Å². The predicted octanol–water partition coefficient (Wildman–Crippen LogP) is 2.54. The number of nitrogens with one attached hydrogen (secondary N) is 1. The second-order valence-electron chi connectivity index (χ2n) is 4.56. The number of carbonyl (C=O) groups excluding carboxylic acids is 1. The molecule has 0 radical (unpaired) electrons. The van der Waals surface area contributed by atoms with E-state index in [2.05, 4.69) is 5.32 Å². The number of nitrogens with zero attached hydrogens (tertiary/aromatic N) is 1. The first kappa shape index (κ1) is 19.5. The first-order valence-corrected chi connectivity index (χ1v) is 6.54. The molecular weight excluding hydrogens is 321 g/mol. The van der Waals surface area contributed by atoms with Crippen LogP contribution in [0, 0.1) is 0 Å². The van der Waals surface area contributed by atoms with E-state index in [1.54, 1.807) is 0 Å². The molecule has 1 aromatic carbocycles. The van der Waals surface area contributed by atoms with Gasteiger partial charge in [0, 0.05) is 19.1 Å². The molecule has 1 aromatic rings. The van der Waals surface area contributed by atoms with E-state index < -0.39 is 6.17 Å². The Morgan fingerprint density at radius 1 is 1.30 bits per heavy atom. The highest BCUT2D eigenvalue weighted by Crippen LogP contribution is 2.24. The fourth-order valence-corrected chi connectivity index (χ4v) is 2.42. The minimum atomic E-state index is -0.466. The maximum absolute atomic E-state index is 10.6. The lowest BCUT2D eigenvalue weighted by atomic mass is 10.0. The summed E-state index contributed by atoms with van der Waals surface area (Å²) in [4.78, 5) is 12.6. The molecule has 1 aliphatic heterocycles. The maximum Gasteiger partial charge on any atom is 0.151 e. The molecule has 0 aromatic heterocycles. The summed E-state index contributed by atoms with van der Waals surface area (Å²) in [5, 5.41) is 4.18. The lowest BCUT2D eigenvalue weighted by molar-refractivity contribution is -0.112. The fourth-order valence-electron chi connectivity index (χ4n) is 2.23. The molecule has 1 fully saturated rings. The molecule has 1 atom stereocenters. The van der Waals surface area contributed by atoms with E-state index in [9.17, 15) is 4.79 Å². The van der Waals surface area contributed by atoms with Gasteiger partial charge in [-0.1, -0.05) is 23.7 Å². The Hall–Kier alpha value is -0.520. The van der Waals surface area contributed by atoms with Crippen molar-refractivity contribution >= 4 is 48.4 Å². The first-order chi connectivity index (χ1) is 8.70. The topological polar surface area (TPSA) is 58.4 Å². The van der Waals surface area contributed by atoms with Gasteiger partial charge in [0.15, 0.2) is 6.29 Å². The third-order valence-corrected chi connectivity index (χ3v) is 3.65. The van der Waals surface area contributed by atoms with Crippen LogP contribution in [0.3, 0.4) is 0 Å². The molecule has 0 spiro atoms. The van der Waals surface area contributed by atoms with Gasteiger partial charge < -0.3 is 15.8 Å². The molecule has 7 heteroatoms. The summed E-state index contributed by atoms with van der Waals surface area (Å²) in [5.74, 6) is 0. The van der Waals surface area contributed by atoms with E-state index in [0.29, 0.717) is 6.04 Å². The third-order valence-electron chi connectivity index (χ3n) is 3.32. The van der Waals surface area contributed by atoms with Crippen LogP contribution in [0.1, 0.15) is 12.8 Å². The minimum Gasteiger partial charge on any atom is -0.381 e. The van der Waals surface area contributed by atoms with Crippen molar-refractivity contribution < 1.29 is 4.79 Å². The van der Waals surface area contributed by atoms with Crippen LogP contribution in [0.5, 0.6) is 0 Å². The van der Waals surface area contributed by atoms with E-state index in [1.165, 1.54) is 0 Å². The molecule has 0 bridgehead atoms. The number of rotatable bonds is 4. The van der Waals surface area contributed by atoms with E-state index >= 15 is 0 Å². The van der Waals surface area contributed by atoms with Gasteiger partial charge in [0.05, 0.1) is 10.7 Å². The lowest BCUT2D eigenvalue weighted by Gasteiger charge is -2.34. The van der Waals surface area contributed by atoms with Crippen LogP contribution in [-0.4, -0.2) is 36.5 Å². The Kier molecular flexibility index (Phi) is 9.18. The number of carbonyl (C=O) groups is 1. The summed E-state index contributed by atoms with van der Waals surface area (Å²) in [7, 11) is 0. The molecule has 3 N–H and O–H groups in total. The van der Waals surface area contributed by atoms with Crippen LogP contribution in [0.2, 0.25) is 5.02 Å². The molecule has 20 heavy (non-hydrogen) atoms. The normalized spacial score (nSPS) is 17.5. The van der Waals surface area contributed by atoms with Gasteiger partial charge in [-0.15, -0.1) is 24.8 Å². The Morgan fingerprint density at radius 2 is 1.90 bits per heavy atom. The number of hydrogen-bond acceptors (Lipinski definition) is 4. The van der Waals surface area contributed by atoms with Crippen molar-refractivity contribution in [3.63, 3.8) is 0 Å². The summed E-state index contributed by atoms with van der Waals surface area (Å²) < 4.78 is 0. The van der Waals surface area contributed by atoms with Crippen molar-refractivity contribution in [1.29, 1.82) is 0 Å². The van der Waals surface area contributed by atoms with E-state index in [1.807, 2.05) is 29.2 Å². The van der Waals surface area contributed by atoms with Gasteiger partial charge in [-0.3, -0.25) is 4.90 Å². The van der Waals surface area contributed by atoms with Crippen molar-refractivity contribution in [2.45, 2.75) is 25.0 Å². The van der Waals surface area contributed by atoms with Crippen LogP contribution in [0.25, 0.3) is 0 Å². The molecule has 1 aliphatic rings. The second-order valence-corrected chi connectivity index (χ2v) is 4.97. The Bertz CT molecular complexity index is 412. The molecule has 2 rings (SSSR count). The molecule has 1 heterocycles. The van der Waals surface area contributed by atoms with Crippen LogP contribution in [0.15, 0.2) is 24.3 Å². The zero-order valence-corrected chi connectivity index (χ0v) is 13.4. The monoisotopic (exact) mass is 339 g/mol. The van der Waals surface area contributed by atoms with Gasteiger partial charge in [0.25, 0.3) is 0 Å². The van der Waals surface area contributed by atoms with Crippen LogP contribution < -0.4 is 11.1 Å². The second kappa shape index (κ2) is 9.42. The number of benzene rings is 1. The zero-order chi connectivity index (χ0) is 13.0. The summed E-state index contributed by atoms with van der Waals surface area (Å²) >= 11 is 6.11. The molecule has 0 aliphatic carbocycles. The average molecular weight is 341 g/mol. The average Bonchev–Trinajstić information content (AvgIpc) is 2.41. The number of nitrogens with two attached hydrogens (primary N) is 1. The van der Waals surface area contributed by atoms with Crippen molar-refractivity contribution in [3.05, 3.63) is 29.3 Å². The first-order valence-electron chi connectivity index (χ1n) is 6.16. The van der Waals surface area contributed by atoms with E-state index in [0.717, 1.165) is 42.9 Å². The number of anilines is 1. The van der Waals surface area contributed by atoms with Gasteiger partial charge >= 0.3 is 0 Å². The smallest absolute Gasteiger partial charge is 0.151 e. The van der Waals surface area contributed by atoms with Crippen molar-refractivity contribution in [2.75, 3.05) is 18.4 Å². The molecule has 0 amide bonds. The van der Waals surface area contributed by atoms with Crippen molar-refractivity contribution in [2.24, 2.45) is 5.73 Å². The predicted molar refractivity (Wildman–Crippen MR) is 88.2 cm³/mol. The highest BCUT2D eigenvalue weighted by atomic mass is 35.5. The minimum absolute atomic E-state index is 0. The van der Waals surface area contributed by atoms with Crippen LogP contribution in [0.4, 0.5) is 5.69 Å². The van der Waals surface area contributed by atoms with E-state index in [-0.39, 0.29) is 24.8 Å². The van der Waals surface area contributed by atoms with Crippen molar-refractivity contribution in [1.82, 2.24) is 4.90 Å². The summed E-state index contributed by atoms with van der Waals surface area (Å²) in [6, 6.07) is 8.12. The molecule has 4 nitrogen and oxygen atoms in total. The number of piperidine rings is 1. The molecule has 114 valence electrons. The maximum atomic E-state index is 10.6. The highest BCUT2D eigenvalue weighted by molar-refractivity contribution is 6.33. The number of aldehydes is 1. The SMILES string of the molecule is Cl.Cl.NC(C=O)N1CCC(Nc2ccccc2Cl)CC1. The summed E-state index contributed by atoms with van der Waals surface area (Å²) in [6.45, 7) is 1.67. The molecular formula is C13H20Cl3N3O. The Labute approximate surface area is 136 Å². The number of hydrogen-bond donors (Lipinski definition) is 2. The van der Waals surface area contributed by atoms with Crippen LogP contribution >= 0.6 is 36.4 Å². The van der Waals surface area contributed by atoms with Crippen LogP contribution in [-0.2, 0) is 4.79 Å². The lowest BCUT2D eigenvalue weighted by Crippen LogP contribution is -2.49. The fraction of sp³-hybridized carbons (Fsp3) is 0.462. The van der Waals surface area contributed by atoms with Gasteiger partial charge in [0.1, 0.15) is 6.17 Å². The quantitative estimate of drug-likeness (QED) is 0.827.